The number of hydrogen-bond donors (Lipinski definition) is 0. The Balaban J connectivity index is 1.99. The fourth-order valence-corrected chi connectivity index (χ4v) is 3.20. The van der Waals surface area contributed by atoms with Crippen LogP contribution in [0.4, 0.5) is 17.1 Å². The third-order valence-corrected chi connectivity index (χ3v) is 4.39. The van der Waals surface area contributed by atoms with Crippen LogP contribution in [-0.2, 0) is 0 Å². The molecule has 0 atom stereocenters. The lowest BCUT2D eigenvalue weighted by Crippen LogP contribution is -2.10. The van der Waals surface area contributed by atoms with Gasteiger partial charge in [-0.05, 0) is 41.3 Å². The van der Waals surface area contributed by atoms with Gasteiger partial charge < -0.3 is 4.90 Å². The van der Waals surface area contributed by atoms with E-state index >= 15 is 0 Å². The zero-order valence-corrected chi connectivity index (χ0v) is 14.0. The van der Waals surface area contributed by atoms with Gasteiger partial charge in [0.1, 0.15) is 0 Å². The van der Waals surface area contributed by atoms with Crippen LogP contribution < -0.4 is 4.90 Å². The molecule has 0 spiro atoms. The molecule has 25 heavy (non-hydrogen) atoms. The van der Waals surface area contributed by atoms with E-state index in [1.54, 1.807) is 0 Å². The lowest BCUT2D eigenvalue weighted by molar-refractivity contribution is 1.29. The number of nitrogens with zero attached hydrogens (tertiary/aromatic N) is 1. The molecule has 0 aliphatic rings. The second kappa shape index (κ2) is 6.66. The van der Waals surface area contributed by atoms with Crippen molar-refractivity contribution in [2.45, 2.75) is 0 Å². The highest BCUT2D eigenvalue weighted by Crippen LogP contribution is 2.38. The molecule has 0 bridgehead atoms. The highest BCUT2D eigenvalue weighted by atomic mass is 15.1. The van der Waals surface area contributed by atoms with Gasteiger partial charge in [0, 0.05) is 16.8 Å². The number of hydrogen-bond acceptors (Lipinski definition) is 1. The number of benzene rings is 4. The summed E-state index contributed by atoms with van der Waals surface area (Å²) in [5.74, 6) is 0. The second-order valence-electron chi connectivity index (χ2n) is 5.97. The molecule has 0 radical (unpaired) electrons. The van der Waals surface area contributed by atoms with Gasteiger partial charge in [-0.1, -0.05) is 79.4 Å². The van der Waals surface area contributed by atoms with E-state index in [-0.39, 0.29) is 0 Å². The second-order valence-corrected chi connectivity index (χ2v) is 5.97. The molecule has 4 aromatic carbocycles. The van der Waals surface area contributed by atoms with E-state index in [1.165, 1.54) is 16.5 Å². The summed E-state index contributed by atoms with van der Waals surface area (Å²) < 4.78 is 0. The van der Waals surface area contributed by atoms with Crippen LogP contribution in [0.2, 0.25) is 0 Å². The Kier molecular flexibility index (Phi) is 4.05. The molecule has 0 fully saturated rings. The van der Waals surface area contributed by atoms with Crippen LogP contribution in [0.25, 0.3) is 16.8 Å². The first-order valence-electron chi connectivity index (χ1n) is 8.42. The lowest BCUT2D eigenvalue weighted by atomic mass is 10.1. The minimum absolute atomic E-state index is 1.11. The van der Waals surface area contributed by atoms with Gasteiger partial charge in [-0.3, -0.25) is 0 Å². The van der Waals surface area contributed by atoms with Gasteiger partial charge in [-0.15, -0.1) is 0 Å². The summed E-state index contributed by atoms with van der Waals surface area (Å²) in [5.41, 5.74) is 4.55. The number of rotatable bonds is 4. The molecule has 0 aliphatic heterocycles. The first-order valence-corrected chi connectivity index (χ1v) is 8.42. The van der Waals surface area contributed by atoms with E-state index in [0.29, 0.717) is 0 Å². The Morgan fingerprint density at radius 1 is 0.640 bits per heavy atom. The zero-order chi connectivity index (χ0) is 17.1. The van der Waals surface area contributed by atoms with E-state index < -0.39 is 0 Å². The van der Waals surface area contributed by atoms with Crippen molar-refractivity contribution in [3.05, 3.63) is 109 Å². The van der Waals surface area contributed by atoms with E-state index in [9.17, 15) is 0 Å². The summed E-state index contributed by atoms with van der Waals surface area (Å²) in [6.45, 7) is 3.91. The van der Waals surface area contributed by atoms with Crippen LogP contribution in [-0.4, -0.2) is 0 Å². The normalized spacial score (nSPS) is 10.6. The van der Waals surface area contributed by atoms with Crippen LogP contribution in [0.15, 0.2) is 104 Å². The Labute approximate surface area is 148 Å². The van der Waals surface area contributed by atoms with E-state index in [1.807, 2.05) is 12.1 Å². The first kappa shape index (κ1) is 15.2. The Morgan fingerprint density at radius 2 is 1.32 bits per heavy atom. The molecule has 0 amide bonds. The Morgan fingerprint density at radius 3 is 2.16 bits per heavy atom. The highest BCUT2D eigenvalue weighted by molar-refractivity contribution is 5.98. The van der Waals surface area contributed by atoms with Gasteiger partial charge in [-0.25, -0.2) is 0 Å². The zero-order valence-electron chi connectivity index (χ0n) is 14.0. The molecular formula is C24H19N. The van der Waals surface area contributed by atoms with Crippen molar-refractivity contribution >= 4 is 33.9 Å². The number of anilines is 3. The van der Waals surface area contributed by atoms with E-state index in [4.69, 9.17) is 0 Å². The summed E-state index contributed by atoms with van der Waals surface area (Å²) in [6.07, 6.45) is 1.88. The van der Waals surface area contributed by atoms with Gasteiger partial charge in [-0.2, -0.15) is 0 Å². The van der Waals surface area contributed by atoms with Crippen molar-refractivity contribution < 1.29 is 0 Å². The molecule has 0 saturated heterocycles. The van der Waals surface area contributed by atoms with Gasteiger partial charge in [0.25, 0.3) is 0 Å². The van der Waals surface area contributed by atoms with Crippen molar-refractivity contribution in [2.24, 2.45) is 0 Å². The first-order chi connectivity index (χ1) is 12.4. The van der Waals surface area contributed by atoms with Crippen LogP contribution >= 0.6 is 0 Å². The average Bonchev–Trinajstić information content (AvgIpc) is 2.69. The Bertz CT molecular complexity index is 1010. The van der Waals surface area contributed by atoms with Gasteiger partial charge in [0.2, 0.25) is 0 Å². The number of fused-ring (bicyclic) bond motifs is 1. The predicted octanol–water partition coefficient (Wildman–Crippen LogP) is 6.95. The summed E-state index contributed by atoms with van der Waals surface area (Å²) in [4.78, 5) is 2.30. The van der Waals surface area contributed by atoms with Crippen molar-refractivity contribution in [1.29, 1.82) is 0 Å². The quantitative estimate of drug-likeness (QED) is 0.393. The summed E-state index contributed by atoms with van der Waals surface area (Å²) in [7, 11) is 0. The van der Waals surface area contributed by atoms with E-state index in [2.05, 4.69) is 102 Å². The van der Waals surface area contributed by atoms with Crippen molar-refractivity contribution in [1.82, 2.24) is 0 Å². The molecule has 0 aliphatic carbocycles. The van der Waals surface area contributed by atoms with Crippen LogP contribution in [0.1, 0.15) is 5.56 Å². The summed E-state index contributed by atoms with van der Waals surface area (Å²) in [5, 5.41) is 2.47. The molecule has 0 unspecified atom stereocenters. The molecule has 4 aromatic rings. The fraction of sp³-hybridized carbons (Fsp3) is 0. The maximum Gasteiger partial charge on any atom is 0.0540 e. The summed E-state index contributed by atoms with van der Waals surface area (Å²) >= 11 is 0. The minimum atomic E-state index is 1.11. The standard InChI is InChI=1S/C24H19N/c1-2-19-10-8-15-22(18-19)25(21-13-4-3-5-14-21)24-17-9-12-20-11-6-7-16-23(20)24/h2-18H,1H2. The molecule has 120 valence electrons. The monoisotopic (exact) mass is 321 g/mol. The third-order valence-electron chi connectivity index (χ3n) is 4.39. The molecule has 0 N–H and O–H groups in total. The van der Waals surface area contributed by atoms with Crippen LogP contribution in [0.3, 0.4) is 0 Å². The third kappa shape index (κ3) is 2.92. The van der Waals surface area contributed by atoms with Gasteiger partial charge >= 0.3 is 0 Å². The van der Waals surface area contributed by atoms with Gasteiger partial charge in [0.15, 0.2) is 0 Å². The number of para-hydroxylation sites is 1. The smallest absolute Gasteiger partial charge is 0.0540 e. The SMILES string of the molecule is C=Cc1cccc(N(c2ccccc2)c2cccc3ccccc23)c1. The average molecular weight is 321 g/mol. The topological polar surface area (TPSA) is 3.24 Å². The largest absolute Gasteiger partial charge is 0.310 e. The molecule has 4 rings (SSSR count). The van der Waals surface area contributed by atoms with Crippen LogP contribution in [0, 0.1) is 0 Å². The molecule has 1 heteroatoms. The molecular weight excluding hydrogens is 302 g/mol. The van der Waals surface area contributed by atoms with Crippen molar-refractivity contribution in [3.8, 4) is 0 Å². The van der Waals surface area contributed by atoms with E-state index in [0.717, 1.165) is 16.9 Å². The highest BCUT2D eigenvalue weighted by Gasteiger charge is 2.14. The maximum atomic E-state index is 3.91. The summed E-state index contributed by atoms with van der Waals surface area (Å²) in [6, 6.07) is 33.9. The molecule has 0 aromatic heterocycles. The minimum Gasteiger partial charge on any atom is -0.310 e. The lowest BCUT2D eigenvalue weighted by Gasteiger charge is -2.27. The van der Waals surface area contributed by atoms with Crippen LogP contribution in [0.5, 0.6) is 0 Å². The molecule has 0 heterocycles. The van der Waals surface area contributed by atoms with Gasteiger partial charge in [0.05, 0.1) is 5.69 Å². The maximum absolute atomic E-state index is 3.91. The predicted molar refractivity (Wildman–Crippen MR) is 109 cm³/mol. The Hall–Kier alpha value is -3.32. The van der Waals surface area contributed by atoms with Crippen molar-refractivity contribution in [2.75, 3.05) is 4.90 Å². The molecule has 0 saturated carbocycles. The fourth-order valence-electron chi connectivity index (χ4n) is 3.20. The molecule has 1 nitrogen and oxygen atoms in total. The van der Waals surface area contributed by atoms with Crippen molar-refractivity contribution in [3.63, 3.8) is 0 Å².